The largest absolute Gasteiger partial charge is 0.299 e. The van der Waals surface area contributed by atoms with E-state index in [0.29, 0.717) is 12.1 Å². The van der Waals surface area contributed by atoms with Crippen LogP contribution in [0.1, 0.15) is 30.3 Å². The lowest BCUT2D eigenvalue weighted by atomic mass is 10.0. The van der Waals surface area contributed by atoms with Gasteiger partial charge in [0.1, 0.15) is 11.5 Å². The van der Waals surface area contributed by atoms with Gasteiger partial charge >= 0.3 is 0 Å². The third-order valence-corrected chi connectivity index (χ3v) is 4.28. The van der Waals surface area contributed by atoms with Crippen LogP contribution in [0.3, 0.4) is 0 Å². The summed E-state index contributed by atoms with van der Waals surface area (Å²) < 4.78 is 15.3. The lowest BCUT2D eigenvalue weighted by Gasteiger charge is -2.30. The van der Waals surface area contributed by atoms with Gasteiger partial charge in [0.15, 0.2) is 0 Å². The minimum atomic E-state index is -0.194. The highest BCUT2D eigenvalue weighted by Gasteiger charge is 2.40. The summed E-state index contributed by atoms with van der Waals surface area (Å²) in [6, 6.07) is 4.29. The molecule has 88 valence electrons. The minimum absolute atomic E-state index is 0.194. The fraction of sp³-hybridized carbons (Fsp3) is 0.462. The van der Waals surface area contributed by atoms with Crippen LogP contribution in [0.15, 0.2) is 18.3 Å². The molecule has 0 aliphatic carbocycles. The van der Waals surface area contributed by atoms with Crippen molar-refractivity contribution in [1.29, 1.82) is 0 Å². The predicted molar refractivity (Wildman–Crippen MR) is 62.4 cm³/mol. The molecule has 0 amide bonds. The second-order valence-electron chi connectivity index (χ2n) is 5.14. The number of pyridine rings is 1. The first-order valence-electron chi connectivity index (χ1n) is 6.12. The van der Waals surface area contributed by atoms with Gasteiger partial charge in [-0.1, -0.05) is 0 Å². The van der Waals surface area contributed by atoms with Crippen LogP contribution < -0.4 is 0 Å². The molecule has 0 saturated carbocycles. The number of hydrogen-bond donors (Lipinski definition) is 0. The summed E-state index contributed by atoms with van der Waals surface area (Å²) >= 11 is 0. The Morgan fingerprint density at radius 2 is 2.24 bits per heavy atom. The van der Waals surface area contributed by atoms with E-state index in [1.807, 2.05) is 4.40 Å². The molecular formula is C13H14FN3. The van der Waals surface area contributed by atoms with Gasteiger partial charge in [-0.05, 0) is 32.0 Å². The molecular weight excluding hydrogens is 217 g/mol. The molecule has 17 heavy (non-hydrogen) atoms. The van der Waals surface area contributed by atoms with Gasteiger partial charge < -0.3 is 0 Å². The number of halogens is 1. The van der Waals surface area contributed by atoms with Crippen LogP contribution in [0.5, 0.6) is 0 Å². The second kappa shape index (κ2) is 3.07. The molecule has 1 saturated heterocycles. The number of hydrogen-bond acceptors (Lipinski definition) is 2. The highest BCUT2D eigenvalue weighted by molar-refractivity contribution is 5.46. The van der Waals surface area contributed by atoms with Crippen molar-refractivity contribution in [2.75, 3.05) is 7.05 Å². The van der Waals surface area contributed by atoms with E-state index < -0.39 is 0 Å². The quantitative estimate of drug-likeness (QED) is 0.692. The molecule has 4 heteroatoms. The van der Waals surface area contributed by atoms with Gasteiger partial charge in [0, 0.05) is 18.7 Å². The molecule has 4 heterocycles. The van der Waals surface area contributed by atoms with Crippen molar-refractivity contribution in [1.82, 2.24) is 14.3 Å². The summed E-state index contributed by atoms with van der Waals surface area (Å²) in [6.07, 6.45) is 4.96. The Morgan fingerprint density at radius 3 is 3.12 bits per heavy atom. The molecule has 2 atom stereocenters. The van der Waals surface area contributed by atoms with Crippen molar-refractivity contribution < 1.29 is 4.39 Å². The van der Waals surface area contributed by atoms with Crippen LogP contribution in [0.2, 0.25) is 0 Å². The van der Waals surface area contributed by atoms with Crippen molar-refractivity contribution in [3.8, 4) is 0 Å². The molecule has 0 radical (unpaired) electrons. The lowest BCUT2D eigenvalue weighted by Crippen LogP contribution is -2.34. The van der Waals surface area contributed by atoms with Gasteiger partial charge in [-0.3, -0.25) is 9.30 Å². The fourth-order valence-electron chi connectivity index (χ4n) is 3.40. The zero-order valence-electron chi connectivity index (χ0n) is 9.73. The molecule has 0 N–H and O–H groups in total. The molecule has 3 nitrogen and oxygen atoms in total. The van der Waals surface area contributed by atoms with Crippen molar-refractivity contribution in [3.63, 3.8) is 0 Å². The van der Waals surface area contributed by atoms with E-state index in [1.54, 1.807) is 12.3 Å². The number of fused-ring (bicyclic) bond motifs is 6. The molecule has 2 aromatic rings. The molecule has 2 unspecified atom stereocenters. The highest BCUT2D eigenvalue weighted by atomic mass is 19.1. The maximum atomic E-state index is 13.4. The van der Waals surface area contributed by atoms with Gasteiger partial charge in [-0.15, -0.1) is 0 Å². The summed E-state index contributed by atoms with van der Waals surface area (Å²) in [5, 5.41) is 0. The molecule has 0 aromatic carbocycles. The summed E-state index contributed by atoms with van der Waals surface area (Å²) in [5.41, 5.74) is 3.24. The Kier molecular flexibility index (Phi) is 1.73. The van der Waals surface area contributed by atoms with Crippen molar-refractivity contribution >= 4 is 5.65 Å². The molecule has 1 fully saturated rings. The summed E-state index contributed by atoms with van der Waals surface area (Å²) in [7, 11) is 2.17. The van der Waals surface area contributed by atoms with E-state index >= 15 is 0 Å². The predicted octanol–water partition coefficient (Wildman–Crippen LogP) is 2.16. The Hall–Kier alpha value is -1.42. The molecule has 0 spiro atoms. The average Bonchev–Trinajstić information content (AvgIpc) is 2.76. The number of likely N-dealkylation sites (N-methyl/N-ethyl adjacent to an activating group) is 1. The topological polar surface area (TPSA) is 20.5 Å². The molecule has 2 aliphatic heterocycles. The van der Waals surface area contributed by atoms with Crippen molar-refractivity contribution in [3.05, 3.63) is 35.5 Å². The second-order valence-corrected chi connectivity index (χ2v) is 5.14. The van der Waals surface area contributed by atoms with E-state index in [0.717, 1.165) is 12.1 Å². The maximum Gasteiger partial charge on any atom is 0.139 e. The fourth-order valence-corrected chi connectivity index (χ4v) is 3.40. The van der Waals surface area contributed by atoms with E-state index in [-0.39, 0.29) is 5.82 Å². The van der Waals surface area contributed by atoms with E-state index in [4.69, 9.17) is 0 Å². The first kappa shape index (κ1) is 9.59. The number of rotatable bonds is 0. The van der Waals surface area contributed by atoms with Gasteiger partial charge in [0.05, 0.1) is 17.4 Å². The Balaban J connectivity index is 2.02. The number of imidazole rings is 1. The van der Waals surface area contributed by atoms with Crippen molar-refractivity contribution in [2.45, 2.75) is 31.3 Å². The van der Waals surface area contributed by atoms with Gasteiger partial charge in [-0.25, -0.2) is 9.37 Å². The van der Waals surface area contributed by atoms with Gasteiger partial charge in [-0.2, -0.15) is 0 Å². The Morgan fingerprint density at radius 1 is 1.35 bits per heavy atom. The smallest absolute Gasteiger partial charge is 0.139 e. The normalized spacial score (nSPS) is 27.6. The monoisotopic (exact) mass is 231 g/mol. The van der Waals surface area contributed by atoms with Crippen LogP contribution in [0.4, 0.5) is 4.39 Å². The number of aromatic nitrogens is 2. The lowest BCUT2D eigenvalue weighted by molar-refractivity contribution is 0.218. The zero-order chi connectivity index (χ0) is 11.6. The molecule has 2 aliphatic rings. The first-order valence-corrected chi connectivity index (χ1v) is 6.12. The van der Waals surface area contributed by atoms with Crippen molar-refractivity contribution in [2.24, 2.45) is 0 Å². The molecule has 2 bridgehead atoms. The summed E-state index contributed by atoms with van der Waals surface area (Å²) in [4.78, 5) is 7.06. The SMILES string of the molecule is CN1C2CCC1c1c(nc3ccc(F)cn13)C2. The van der Waals surface area contributed by atoms with Gasteiger partial charge in [0.2, 0.25) is 0 Å². The van der Waals surface area contributed by atoms with E-state index in [1.165, 1.54) is 30.3 Å². The van der Waals surface area contributed by atoms with Gasteiger partial charge in [0.25, 0.3) is 0 Å². The van der Waals surface area contributed by atoms with E-state index in [2.05, 4.69) is 16.9 Å². The highest BCUT2D eigenvalue weighted by Crippen LogP contribution is 2.42. The third-order valence-electron chi connectivity index (χ3n) is 4.28. The van der Waals surface area contributed by atoms with Crippen LogP contribution >= 0.6 is 0 Å². The standard InChI is InChI=1S/C13H14FN3/c1-16-9-3-4-11(16)13-10(6-9)15-12-5-2-8(14)7-17(12)13/h2,5,7,9,11H,3-4,6H2,1H3. The summed E-state index contributed by atoms with van der Waals surface area (Å²) in [5.74, 6) is -0.194. The minimum Gasteiger partial charge on any atom is -0.299 e. The number of nitrogens with zero attached hydrogens (tertiary/aromatic N) is 3. The zero-order valence-corrected chi connectivity index (χ0v) is 9.73. The Bertz CT molecular complexity index is 604. The third kappa shape index (κ3) is 1.16. The molecule has 2 aromatic heterocycles. The summed E-state index contributed by atoms with van der Waals surface area (Å²) in [6.45, 7) is 0. The maximum absolute atomic E-state index is 13.4. The van der Waals surface area contributed by atoms with E-state index in [9.17, 15) is 4.39 Å². The van der Waals surface area contributed by atoms with Crippen LogP contribution in [-0.4, -0.2) is 27.4 Å². The molecule has 4 rings (SSSR count). The average molecular weight is 231 g/mol. The van der Waals surface area contributed by atoms with Crippen LogP contribution in [-0.2, 0) is 6.42 Å². The first-order chi connectivity index (χ1) is 8.24. The van der Waals surface area contributed by atoms with Crippen LogP contribution in [0.25, 0.3) is 5.65 Å². The Labute approximate surface area is 98.9 Å². The van der Waals surface area contributed by atoms with Crippen LogP contribution in [0, 0.1) is 5.82 Å².